The van der Waals surface area contributed by atoms with Gasteiger partial charge in [-0.05, 0) is 64.2 Å². The Hall–Kier alpha value is -2.96. The molecule has 0 aliphatic rings. The number of aliphatic hydroxyl groups is 2. The molecule has 0 saturated carbocycles. The highest BCUT2D eigenvalue weighted by Crippen LogP contribution is 2.17. The molecule has 3 unspecified atom stereocenters. The first-order valence-corrected chi connectivity index (χ1v) is 25.9. The first-order chi connectivity index (χ1) is 30.5. The predicted molar refractivity (Wildman–Crippen MR) is 268 cm³/mol. The molecule has 0 fully saturated rings. The summed E-state index contributed by atoms with van der Waals surface area (Å²) in [6.45, 7) is 6.31. The molecule has 6 heteroatoms. The van der Waals surface area contributed by atoms with Crippen molar-refractivity contribution < 1.29 is 24.5 Å². The van der Waals surface area contributed by atoms with Crippen molar-refractivity contribution in [2.75, 3.05) is 6.61 Å². The summed E-state index contributed by atoms with van der Waals surface area (Å²) in [4.78, 5) is 26.1. The van der Waals surface area contributed by atoms with Crippen molar-refractivity contribution in [3.8, 4) is 0 Å². The monoisotopic (exact) mass is 864 g/mol. The molecule has 62 heavy (non-hydrogen) atoms. The van der Waals surface area contributed by atoms with Gasteiger partial charge in [-0.2, -0.15) is 0 Å². The highest BCUT2D eigenvalue weighted by molar-refractivity contribution is 5.77. The van der Waals surface area contributed by atoms with Crippen LogP contribution in [0.15, 0.2) is 85.1 Å². The number of unbranched alkanes of at least 4 members (excludes halogenated alkanes) is 24. The van der Waals surface area contributed by atoms with Crippen molar-refractivity contribution in [1.29, 1.82) is 0 Å². The highest BCUT2D eigenvalue weighted by atomic mass is 16.5. The molecular weight excluding hydrogens is 767 g/mol. The van der Waals surface area contributed by atoms with Crippen LogP contribution in [0.3, 0.4) is 0 Å². The van der Waals surface area contributed by atoms with Crippen molar-refractivity contribution in [2.24, 2.45) is 0 Å². The third-order valence-electron chi connectivity index (χ3n) is 11.4. The van der Waals surface area contributed by atoms with Crippen LogP contribution < -0.4 is 5.32 Å². The van der Waals surface area contributed by atoms with E-state index in [1.165, 1.54) is 116 Å². The van der Waals surface area contributed by atoms with Gasteiger partial charge in [-0.15, -0.1) is 0 Å². The zero-order valence-corrected chi connectivity index (χ0v) is 40.5. The molecule has 0 aliphatic heterocycles. The van der Waals surface area contributed by atoms with E-state index in [0.29, 0.717) is 19.3 Å². The van der Waals surface area contributed by atoms with Crippen LogP contribution in [-0.2, 0) is 14.3 Å². The summed E-state index contributed by atoms with van der Waals surface area (Å²) in [5, 5.41) is 23.7. The van der Waals surface area contributed by atoms with Crippen LogP contribution in [0.1, 0.15) is 233 Å². The molecule has 0 bridgehead atoms. The zero-order valence-electron chi connectivity index (χ0n) is 40.5. The summed E-state index contributed by atoms with van der Waals surface area (Å²) in [5.74, 6) is -0.571. The number of hydrogen-bond donors (Lipinski definition) is 3. The Morgan fingerprint density at radius 1 is 0.484 bits per heavy atom. The van der Waals surface area contributed by atoms with E-state index in [9.17, 15) is 19.8 Å². The number of nitrogens with one attached hydrogen (secondary N) is 1. The lowest BCUT2D eigenvalue weighted by atomic mass is 10.0. The Bertz CT molecular complexity index is 1200. The molecule has 6 nitrogen and oxygen atoms in total. The van der Waals surface area contributed by atoms with Crippen molar-refractivity contribution in [2.45, 2.75) is 251 Å². The normalized spacial score (nSPS) is 14.0. The van der Waals surface area contributed by atoms with Gasteiger partial charge in [0, 0.05) is 6.42 Å². The summed E-state index contributed by atoms with van der Waals surface area (Å²) in [5.41, 5.74) is 0. The summed E-state index contributed by atoms with van der Waals surface area (Å²) in [6, 6.07) is -0.732. The van der Waals surface area contributed by atoms with E-state index in [1.807, 2.05) is 60.8 Å². The van der Waals surface area contributed by atoms with Crippen LogP contribution in [0.5, 0.6) is 0 Å². The third kappa shape index (κ3) is 43.7. The number of allylic oxidation sites excluding steroid dienone is 14. The second kappa shape index (κ2) is 49.1. The Kier molecular flexibility index (Phi) is 46.7. The largest absolute Gasteiger partial charge is 0.462 e. The number of ether oxygens (including phenoxy) is 1. The molecule has 0 rings (SSSR count). The van der Waals surface area contributed by atoms with Gasteiger partial charge in [0.05, 0.1) is 25.2 Å². The first-order valence-electron chi connectivity index (χ1n) is 25.9. The van der Waals surface area contributed by atoms with Gasteiger partial charge in [0.25, 0.3) is 0 Å². The lowest BCUT2D eigenvalue weighted by Crippen LogP contribution is -2.46. The van der Waals surface area contributed by atoms with Crippen LogP contribution in [0, 0.1) is 0 Å². The van der Waals surface area contributed by atoms with Gasteiger partial charge in [-0.1, -0.05) is 241 Å². The molecular formula is C56H97NO5. The fraction of sp³-hybridized carbons (Fsp3) is 0.714. The molecule has 0 spiro atoms. The minimum absolute atomic E-state index is 0.0172. The SMILES string of the molecule is CC\C=C/C=C/C=C/C=C\C=C\C=C\CCCC(CC(=O)NC(CO)C(O)CCCCCCCCCCCCCCCC)OC(=O)CCCCC/C=C\CCCCCCCCC. The molecule has 3 N–H and O–H groups in total. The van der Waals surface area contributed by atoms with Gasteiger partial charge >= 0.3 is 5.97 Å². The lowest BCUT2D eigenvalue weighted by Gasteiger charge is -2.24. The molecule has 0 aliphatic carbocycles. The molecule has 0 aromatic rings. The Morgan fingerprint density at radius 3 is 1.39 bits per heavy atom. The average Bonchev–Trinajstić information content (AvgIpc) is 3.26. The number of hydrogen-bond acceptors (Lipinski definition) is 5. The summed E-state index contributed by atoms with van der Waals surface area (Å²) in [7, 11) is 0. The lowest BCUT2D eigenvalue weighted by molar-refractivity contribution is -0.151. The fourth-order valence-electron chi connectivity index (χ4n) is 7.46. The second-order valence-electron chi connectivity index (χ2n) is 17.3. The Balaban J connectivity index is 4.74. The Morgan fingerprint density at radius 2 is 0.903 bits per heavy atom. The zero-order chi connectivity index (χ0) is 45.2. The maximum absolute atomic E-state index is 13.2. The van der Waals surface area contributed by atoms with E-state index in [-0.39, 0.29) is 24.9 Å². The smallest absolute Gasteiger partial charge is 0.306 e. The highest BCUT2D eigenvalue weighted by Gasteiger charge is 2.24. The number of rotatable bonds is 45. The molecule has 3 atom stereocenters. The average molecular weight is 864 g/mol. The van der Waals surface area contributed by atoms with Crippen LogP contribution in [0.25, 0.3) is 0 Å². The van der Waals surface area contributed by atoms with E-state index in [0.717, 1.165) is 70.6 Å². The number of carbonyl (C=O) groups excluding carboxylic acids is 2. The summed E-state index contributed by atoms with van der Waals surface area (Å²) >= 11 is 0. The van der Waals surface area contributed by atoms with Crippen molar-refractivity contribution in [3.05, 3.63) is 85.1 Å². The van der Waals surface area contributed by atoms with Crippen LogP contribution in [-0.4, -0.2) is 46.9 Å². The number of carbonyl (C=O) groups is 2. The molecule has 0 heterocycles. The molecule has 0 radical (unpaired) electrons. The number of esters is 1. The van der Waals surface area contributed by atoms with Gasteiger partial charge in [-0.25, -0.2) is 0 Å². The van der Waals surface area contributed by atoms with Gasteiger partial charge in [0.2, 0.25) is 5.91 Å². The van der Waals surface area contributed by atoms with Crippen LogP contribution in [0.2, 0.25) is 0 Å². The van der Waals surface area contributed by atoms with Crippen molar-refractivity contribution in [1.82, 2.24) is 5.32 Å². The minimum Gasteiger partial charge on any atom is -0.462 e. The van der Waals surface area contributed by atoms with E-state index < -0.39 is 18.2 Å². The van der Waals surface area contributed by atoms with E-state index in [1.54, 1.807) is 0 Å². The molecule has 356 valence electrons. The summed E-state index contributed by atoms with van der Waals surface area (Å²) < 4.78 is 5.89. The first kappa shape index (κ1) is 59.0. The minimum atomic E-state index is -0.814. The maximum Gasteiger partial charge on any atom is 0.306 e. The topological polar surface area (TPSA) is 95.9 Å². The molecule has 0 saturated heterocycles. The van der Waals surface area contributed by atoms with Gasteiger partial charge < -0.3 is 20.3 Å². The maximum atomic E-state index is 13.2. The summed E-state index contributed by atoms with van der Waals surface area (Å²) in [6.07, 6.45) is 63.6. The van der Waals surface area contributed by atoms with Crippen LogP contribution >= 0.6 is 0 Å². The van der Waals surface area contributed by atoms with E-state index >= 15 is 0 Å². The van der Waals surface area contributed by atoms with Crippen molar-refractivity contribution in [3.63, 3.8) is 0 Å². The standard InChI is InChI=1S/C56H97NO5/c1-4-7-10-13-16-19-22-25-28-29-32-35-38-41-44-47-52(62-56(61)49-46-43-40-37-34-31-27-24-21-18-15-12-9-6-3)50-55(60)57-53(51-58)54(59)48-45-42-39-36-33-30-26-23-20-17-14-11-8-5-2/h7,10,13,16,19,22,25,28-29,31-32,34-35,38,52-54,58-59H,4-6,8-9,11-12,14-15,17-18,20-21,23-24,26-27,30,33,36-37,39-51H2,1-3H3,(H,57,60)/b10-7-,16-13+,22-19+,28-25-,32-29+,34-31-,38-35+. The van der Waals surface area contributed by atoms with Gasteiger partial charge in [-0.3, -0.25) is 9.59 Å². The molecule has 0 aromatic carbocycles. The third-order valence-corrected chi connectivity index (χ3v) is 11.4. The van der Waals surface area contributed by atoms with E-state index in [2.05, 4.69) is 50.4 Å². The molecule has 1 amide bonds. The number of amides is 1. The van der Waals surface area contributed by atoms with Gasteiger partial charge in [0.15, 0.2) is 0 Å². The van der Waals surface area contributed by atoms with E-state index in [4.69, 9.17) is 4.74 Å². The Labute approximate surface area is 383 Å². The predicted octanol–water partition coefficient (Wildman–Crippen LogP) is 15.6. The number of aliphatic hydroxyl groups excluding tert-OH is 2. The van der Waals surface area contributed by atoms with Crippen molar-refractivity contribution >= 4 is 11.9 Å². The molecule has 0 aromatic heterocycles. The van der Waals surface area contributed by atoms with Crippen LogP contribution in [0.4, 0.5) is 0 Å². The quantitative estimate of drug-likeness (QED) is 0.0245. The second-order valence-corrected chi connectivity index (χ2v) is 17.3. The van der Waals surface area contributed by atoms with Gasteiger partial charge in [0.1, 0.15) is 6.10 Å². The fourth-order valence-corrected chi connectivity index (χ4v) is 7.46.